The average Bonchev–Trinajstić information content (AvgIpc) is 2.65. The molecule has 5 nitrogen and oxygen atoms in total. The van der Waals surface area contributed by atoms with E-state index in [2.05, 4.69) is 52.5 Å². The van der Waals surface area contributed by atoms with Crippen molar-refractivity contribution in [3.8, 4) is 0 Å². The Hall–Kier alpha value is -2.73. The van der Waals surface area contributed by atoms with E-state index in [1.54, 1.807) is 6.92 Å². The maximum Gasteiger partial charge on any atom is 0.272 e. The van der Waals surface area contributed by atoms with Crippen molar-refractivity contribution in [2.75, 3.05) is 6.54 Å². The molecule has 144 valence electrons. The third kappa shape index (κ3) is 5.16. The van der Waals surface area contributed by atoms with Crippen LogP contribution in [0, 0.1) is 27.7 Å². The highest BCUT2D eigenvalue weighted by molar-refractivity contribution is 7.99. The first-order chi connectivity index (χ1) is 13.4. The summed E-state index contributed by atoms with van der Waals surface area (Å²) in [7, 11) is 0. The number of rotatable bonds is 6. The number of carbonyl (C=O) groups excluding carboxylic acids is 1. The molecule has 0 unspecified atom stereocenters. The second-order valence-corrected chi connectivity index (χ2v) is 7.93. The van der Waals surface area contributed by atoms with Crippen molar-refractivity contribution in [1.29, 1.82) is 0 Å². The Morgan fingerprint density at radius 2 is 1.79 bits per heavy atom. The van der Waals surface area contributed by atoms with Gasteiger partial charge in [0, 0.05) is 11.4 Å². The molecule has 6 heteroatoms. The zero-order valence-corrected chi connectivity index (χ0v) is 17.4. The van der Waals surface area contributed by atoms with E-state index in [9.17, 15) is 4.79 Å². The monoisotopic (exact) mass is 392 g/mol. The van der Waals surface area contributed by atoms with Gasteiger partial charge in [-0.25, -0.2) is 4.98 Å². The molecule has 1 heterocycles. The van der Waals surface area contributed by atoms with Crippen LogP contribution in [0.5, 0.6) is 0 Å². The van der Waals surface area contributed by atoms with Gasteiger partial charge in [-0.1, -0.05) is 53.2 Å². The van der Waals surface area contributed by atoms with E-state index in [0.717, 1.165) is 16.9 Å². The molecule has 0 saturated carbocycles. The van der Waals surface area contributed by atoms with Gasteiger partial charge in [0.2, 0.25) is 0 Å². The smallest absolute Gasteiger partial charge is 0.272 e. The van der Waals surface area contributed by atoms with Gasteiger partial charge in [-0.2, -0.15) is 0 Å². The van der Waals surface area contributed by atoms with Crippen LogP contribution in [0.1, 0.15) is 38.6 Å². The molecule has 3 aromatic rings. The molecule has 0 saturated heterocycles. The van der Waals surface area contributed by atoms with Crippen LogP contribution in [0.2, 0.25) is 0 Å². The Bertz CT molecular complexity index is 1000. The lowest BCUT2D eigenvalue weighted by Gasteiger charge is -2.10. The van der Waals surface area contributed by atoms with Crippen LogP contribution in [-0.4, -0.2) is 27.6 Å². The highest BCUT2D eigenvalue weighted by atomic mass is 32.2. The van der Waals surface area contributed by atoms with E-state index in [1.807, 2.05) is 31.2 Å². The van der Waals surface area contributed by atoms with Gasteiger partial charge < -0.3 is 5.32 Å². The number of hydrogen-bond acceptors (Lipinski definition) is 5. The number of benzene rings is 2. The fourth-order valence-corrected chi connectivity index (χ4v) is 3.86. The third-order valence-corrected chi connectivity index (χ3v) is 5.32. The van der Waals surface area contributed by atoms with Gasteiger partial charge in [-0.05, 0) is 57.4 Å². The molecule has 0 radical (unpaired) electrons. The van der Waals surface area contributed by atoms with E-state index in [0.29, 0.717) is 23.1 Å². The minimum atomic E-state index is -0.224. The molecule has 0 bridgehead atoms. The first-order valence-electron chi connectivity index (χ1n) is 9.22. The van der Waals surface area contributed by atoms with Gasteiger partial charge in [0.25, 0.3) is 5.91 Å². The molecular weight excluding hydrogens is 368 g/mol. The van der Waals surface area contributed by atoms with Crippen LogP contribution in [-0.2, 0) is 6.42 Å². The maximum atomic E-state index is 12.7. The molecule has 1 amide bonds. The highest BCUT2D eigenvalue weighted by Gasteiger charge is 2.17. The van der Waals surface area contributed by atoms with Crippen molar-refractivity contribution in [3.05, 3.63) is 76.2 Å². The Labute approximate surface area is 170 Å². The van der Waals surface area contributed by atoms with Gasteiger partial charge in [0.15, 0.2) is 10.7 Å². The quantitative estimate of drug-likeness (QED) is 0.680. The lowest BCUT2D eigenvalue weighted by Crippen LogP contribution is -2.28. The topological polar surface area (TPSA) is 67.8 Å². The van der Waals surface area contributed by atoms with Crippen molar-refractivity contribution < 1.29 is 4.79 Å². The van der Waals surface area contributed by atoms with E-state index in [1.165, 1.54) is 28.5 Å². The van der Waals surface area contributed by atoms with Gasteiger partial charge in [-0.15, -0.1) is 10.2 Å². The first-order valence-corrected chi connectivity index (χ1v) is 10.0. The average molecular weight is 393 g/mol. The van der Waals surface area contributed by atoms with Gasteiger partial charge in [0.1, 0.15) is 5.82 Å². The standard InChI is InChI=1S/C22H24N4OS/c1-14-6-5-7-19(13-14)28-22-20(24-17(4)25-26-22)21(27)23-11-10-18-9-8-15(2)12-16(18)3/h5-9,12-13H,10-11H2,1-4H3,(H,23,27). The summed E-state index contributed by atoms with van der Waals surface area (Å²) in [6.45, 7) is 8.49. The number of hydrogen-bond donors (Lipinski definition) is 1. The normalized spacial score (nSPS) is 10.7. The van der Waals surface area contributed by atoms with E-state index < -0.39 is 0 Å². The Morgan fingerprint density at radius 3 is 2.54 bits per heavy atom. The summed E-state index contributed by atoms with van der Waals surface area (Å²) in [5.74, 6) is 0.256. The molecule has 2 aromatic carbocycles. The van der Waals surface area contributed by atoms with Crippen LogP contribution in [0.25, 0.3) is 0 Å². The molecule has 3 rings (SSSR count). The summed E-state index contributed by atoms with van der Waals surface area (Å²) in [5.41, 5.74) is 5.18. The van der Waals surface area contributed by atoms with E-state index in [-0.39, 0.29) is 5.91 Å². The van der Waals surface area contributed by atoms with Crippen LogP contribution in [0.15, 0.2) is 52.4 Å². The number of aryl methyl sites for hydroxylation is 4. The summed E-state index contributed by atoms with van der Waals surface area (Å²) >= 11 is 1.40. The first kappa shape index (κ1) is 20.0. The van der Waals surface area contributed by atoms with Crippen LogP contribution < -0.4 is 5.32 Å². The van der Waals surface area contributed by atoms with E-state index >= 15 is 0 Å². The summed E-state index contributed by atoms with van der Waals surface area (Å²) in [4.78, 5) is 18.1. The second kappa shape index (κ2) is 8.97. The fraction of sp³-hybridized carbons (Fsp3) is 0.273. The molecule has 28 heavy (non-hydrogen) atoms. The predicted molar refractivity (Wildman–Crippen MR) is 112 cm³/mol. The number of nitrogens with zero attached hydrogens (tertiary/aromatic N) is 3. The summed E-state index contributed by atoms with van der Waals surface area (Å²) in [5, 5.41) is 11.7. The molecule has 0 aliphatic rings. The largest absolute Gasteiger partial charge is 0.350 e. The fourth-order valence-electron chi connectivity index (χ4n) is 2.92. The maximum absolute atomic E-state index is 12.7. The molecule has 0 aliphatic carbocycles. The SMILES string of the molecule is Cc1cccc(Sc2nnc(C)nc2C(=O)NCCc2ccc(C)cc2C)c1. The van der Waals surface area contributed by atoms with E-state index in [4.69, 9.17) is 0 Å². The van der Waals surface area contributed by atoms with Crippen molar-refractivity contribution in [3.63, 3.8) is 0 Å². The van der Waals surface area contributed by atoms with Crippen LogP contribution in [0.3, 0.4) is 0 Å². The Balaban J connectivity index is 1.71. The molecule has 1 aromatic heterocycles. The highest BCUT2D eigenvalue weighted by Crippen LogP contribution is 2.28. The molecular formula is C22H24N4OS. The molecule has 0 spiro atoms. The lowest BCUT2D eigenvalue weighted by atomic mass is 10.0. The Kier molecular flexibility index (Phi) is 6.41. The Morgan fingerprint density at radius 1 is 1.00 bits per heavy atom. The van der Waals surface area contributed by atoms with Gasteiger partial charge in [0.05, 0.1) is 0 Å². The van der Waals surface area contributed by atoms with Crippen LogP contribution in [0.4, 0.5) is 0 Å². The van der Waals surface area contributed by atoms with Crippen molar-refractivity contribution in [1.82, 2.24) is 20.5 Å². The summed E-state index contributed by atoms with van der Waals surface area (Å²) in [6.07, 6.45) is 0.774. The number of carbonyl (C=O) groups is 1. The predicted octanol–water partition coefficient (Wildman–Crippen LogP) is 4.23. The van der Waals surface area contributed by atoms with Crippen molar-refractivity contribution in [2.24, 2.45) is 0 Å². The molecule has 0 atom stereocenters. The molecule has 1 N–H and O–H groups in total. The zero-order chi connectivity index (χ0) is 20.1. The number of nitrogens with one attached hydrogen (secondary N) is 1. The number of aromatic nitrogens is 3. The zero-order valence-electron chi connectivity index (χ0n) is 16.6. The van der Waals surface area contributed by atoms with Gasteiger partial charge in [-0.3, -0.25) is 4.79 Å². The van der Waals surface area contributed by atoms with Crippen LogP contribution >= 0.6 is 11.8 Å². The third-order valence-electron chi connectivity index (χ3n) is 4.36. The summed E-state index contributed by atoms with van der Waals surface area (Å²) < 4.78 is 0. The molecule has 0 aliphatic heterocycles. The minimum Gasteiger partial charge on any atom is -0.350 e. The summed E-state index contributed by atoms with van der Waals surface area (Å²) in [6, 6.07) is 14.4. The number of amides is 1. The molecule has 0 fully saturated rings. The van der Waals surface area contributed by atoms with Crippen molar-refractivity contribution in [2.45, 2.75) is 44.0 Å². The van der Waals surface area contributed by atoms with Gasteiger partial charge >= 0.3 is 0 Å². The lowest BCUT2D eigenvalue weighted by molar-refractivity contribution is 0.0944. The minimum absolute atomic E-state index is 0.224. The van der Waals surface area contributed by atoms with Crippen molar-refractivity contribution >= 4 is 17.7 Å². The second-order valence-electron chi connectivity index (χ2n) is 6.87.